The summed E-state index contributed by atoms with van der Waals surface area (Å²) in [6.45, 7) is 0. The van der Waals surface area contributed by atoms with Gasteiger partial charge in [0.25, 0.3) is 5.69 Å². The van der Waals surface area contributed by atoms with Crippen molar-refractivity contribution in [2.45, 2.75) is 0 Å². The quantitative estimate of drug-likeness (QED) is 0.596. The number of nitro benzene ring substituents is 1. The Kier molecular flexibility index (Phi) is 2.09. The Morgan fingerprint density at radius 3 is 2.73 bits per heavy atom. The predicted octanol–water partition coefficient (Wildman–Crippen LogP) is 1.83. The molecule has 0 saturated heterocycles. The van der Waals surface area contributed by atoms with Gasteiger partial charge >= 0.3 is 0 Å². The first-order chi connectivity index (χ1) is 7.18. The van der Waals surface area contributed by atoms with Crippen LogP contribution in [0.15, 0.2) is 34.9 Å². The highest BCUT2D eigenvalue weighted by Gasteiger charge is 2.17. The topological polar surface area (TPSA) is 95.2 Å². The van der Waals surface area contributed by atoms with E-state index in [4.69, 9.17) is 10.3 Å². The second kappa shape index (κ2) is 3.41. The summed E-state index contributed by atoms with van der Waals surface area (Å²) in [6.07, 6.45) is 0. The van der Waals surface area contributed by atoms with E-state index in [1.54, 1.807) is 18.2 Å². The lowest BCUT2D eigenvalue weighted by Gasteiger charge is -1.96. The van der Waals surface area contributed by atoms with E-state index >= 15 is 0 Å². The third kappa shape index (κ3) is 1.64. The summed E-state index contributed by atoms with van der Waals surface area (Å²) in [6, 6.07) is 7.69. The van der Waals surface area contributed by atoms with Crippen LogP contribution in [0.5, 0.6) is 0 Å². The van der Waals surface area contributed by atoms with Gasteiger partial charge < -0.3 is 10.3 Å². The summed E-state index contributed by atoms with van der Waals surface area (Å²) in [5.41, 5.74) is 5.70. The van der Waals surface area contributed by atoms with Gasteiger partial charge in [0.05, 0.1) is 10.5 Å². The first-order valence-electron chi connectivity index (χ1n) is 4.14. The Bertz CT molecular complexity index is 507. The number of hydrogen-bond donors (Lipinski definition) is 1. The number of nitrogen functional groups attached to an aromatic ring is 1. The molecule has 1 aromatic carbocycles. The standard InChI is InChI=1S/C9H7N3O3/c10-9-5-8(15-11-9)6-3-1-2-4-7(6)12(13)14/h1-5H,(H2,10,11). The van der Waals surface area contributed by atoms with Gasteiger partial charge in [-0.25, -0.2) is 0 Å². The fraction of sp³-hybridized carbons (Fsp3) is 0. The maximum Gasteiger partial charge on any atom is 0.280 e. The highest BCUT2D eigenvalue weighted by atomic mass is 16.6. The van der Waals surface area contributed by atoms with Crippen LogP contribution in [0.1, 0.15) is 0 Å². The number of nitrogens with two attached hydrogens (primary N) is 1. The number of nitro groups is 1. The highest BCUT2D eigenvalue weighted by Crippen LogP contribution is 2.30. The molecule has 0 aliphatic rings. The van der Waals surface area contributed by atoms with Gasteiger partial charge in [-0.3, -0.25) is 10.1 Å². The Morgan fingerprint density at radius 1 is 1.40 bits per heavy atom. The number of benzene rings is 1. The van der Waals surface area contributed by atoms with Gasteiger partial charge in [0, 0.05) is 12.1 Å². The lowest BCUT2D eigenvalue weighted by atomic mass is 10.1. The Balaban J connectivity index is 2.57. The van der Waals surface area contributed by atoms with Crippen molar-refractivity contribution in [3.8, 4) is 11.3 Å². The van der Waals surface area contributed by atoms with E-state index in [1.165, 1.54) is 12.1 Å². The fourth-order valence-electron chi connectivity index (χ4n) is 1.26. The number of para-hydroxylation sites is 1. The van der Waals surface area contributed by atoms with Crippen molar-refractivity contribution in [1.82, 2.24) is 5.16 Å². The van der Waals surface area contributed by atoms with Crippen LogP contribution in [0.3, 0.4) is 0 Å². The van der Waals surface area contributed by atoms with Gasteiger partial charge in [-0.2, -0.15) is 0 Å². The molecule has 0 aliphatic carbocycles. The minimum atomic E-state index is -0.478. The van der Waals surface area contributed by atoms with E-state index in [1.807, 2.05) is 0 Å². The maximum atomic E-state index is 10.7. The van der Waals surface area contributed by atoms with E-state index < -0.39 is 4.92 Å². The number of aromatic nitrogens is 1. The molecule has 2 aromatic rings. The number of rotatable bonds is 2. The number of hydrogen-bond acceptors (Lipinski definition) is 5. The summed E-state index contributed by atoms with van der Waals surface area (Å²) in [5.74, 6) is 0.489. The van der Waals surface area contributed by atoms with Gasteiger partial charge in [0.15, 0.2) is 11.6 Å². The molecule has 1 heterocycles. The summed E-state index contributed by atoms with van der Waals surface area (Å²) in [5, 5.41) is 14.2. The Morgan fingerprint density at radius 2 is 2.13 bits per heavy atom. The summed E-state index contributed by atoms with van der Waals surface area (Å²) in [7, 11) is 0. The molecule has 0 radical (unpaired) electrons. The minimum absolute atomic E-state index is 0.0337. The monoisotopic (exact) mass is 205 g/mol. The minimum Gasteiger partial charge on any atom is -0.381 e. The normalized spacial score (nSPS) is 10.1. The predicted molar refractivity (Wildman–Crippen MR) is 53.0 cm³/mol. The van der Waals surface area contributed by atoms with Crippen molar-refractivity contribution >= 4 is 11.5 Å². The average molecular weight is 205 g/mol. The first-order valence-corrected chi connectivity index (χ1v) is 4.14. The van der Waals surface area contributed by atoms with Crippen LogP contribution in [0, 0.1) is 10.1 Å². The van der Waals surface area contributed by atoms with E-state index in [2.05, 4.69) is 5.16 Å². The van der Waals surface area contributed by atoms with E-state index in [0.29, 0.717) is 11.3 Å². The third-order valence-electron chi connectivity index (χ3n) is 1.89. The molecule has 1 aromatic heterocycles. The maximum absolute atomic E-state index is 10.7. The molecule has 6 heteroatoms. The van der Waals surface area contributed by atoms with Gasteiger partial charge in [-0.1, -0.05) is 17.3 Å². The van der Waals surface area contributed by atoms with Crippen molar-refractivity contribution in [3.05, 3.63) is 40.4 Å². The summed E-state index contributed by atoms with van der Waals surface area (Å²) in [4.78, 5) is 10.2. The molecule has 2 rings (SSSR count). The van der Waals surface area contributed by atoms with Crippen LogP contribution in [0.25, 0.3) is 11.3 Å². The zero-order chi connectivity index (χ0) is 10.8. The van der Waals surface area contributed by atoms with Crippen molar-refractivity contribution < 1.29 is 9.45 Å². The molecule has 76 valence electrons. The molecule has 15 heavy (non-hydrogen) atoms. The van der Waals surface area contributed by atoms with Crippen molar-refractivity contribution in [2.24, 2.45) is 0 Å². The smallest absolute Gasteiger partial charge is 0.280 e. The molecule has 0 unspecified atom stereocenters. The number of anilines is 1. The SMILES string of the molecule is Nc1cc(-c2ccccc2[N+](=O)[O-])on1. The van der Waals surface area contributed by atoms with E-state index in [0.717, 1.165) is 0 Å². The number of nitrogens with zero attached hydrogens (tertiary/aromatic N) is 2. The van der Waals surface area contributed by atoms with E-state index in [9.17, 15) is 10.1 Å². The zero-order valence-electron chi connectivity index (χ0n) is 7.58. The van der Waals surface area contributed by atoms with Gasteiger partial charge in [0.2, 0.25) is 0 Å². The van der Waals surface area contributed by atoms with Crippen LogP contribution in [-0.2, 0) is 0 Å². The summed E-state index contributed by atoms with van der Waals surface area (Å²) < 4.78 is 4.86. The van der Waals surface area contributed by atoms with Crippen LogP contribution in [-0.4, -0.2) is 10.1 Å². The van der Waals surface area contributed by atoms with Gasteiger partial charge in [-0.05, 0) is 6.07 Å². The van der Waals surface area contributed by atoms with Crippen LogP contribution < -0.4 is 5.73 Å². The highest BCUT2D eigenvalue weighted by molar-refractivity contribution is 5.70. The molecule has 0 spiro atoms. The summed E-state index contributed by atoms with van der Waals surface area (Å²) >= 11 is 0. The molecular weight excluding hydrogens is 198 g/mol. The molecule has 0 amide bonds. The molecule has 0 saturated carbocycles. The average Bonchev–Trinajstić information content (AvgIpc) is 2.65. The second-order valence-electron chi connectivity index (χ2n) is 2.89. The molecule has 0 bridgehead atoms. The largest absolute Gasteiger partial charge is 0.381 e. The molecule has 0 fully saturated rings. The van der Waals surface area contributed by atoms with Gasteiger partial charge in [-0.15, -0.1) is 0 Å². The molecular formula is C9H7N3O3. The van der Waals surface area contributed by atoms with Crippen LogP contribution >= 0.6 is 0 Å². The zero-order valence-corrected chi connectivity index (χ0v) is 7.58. The van der Waals surface area contributed by atoms with Crippen LogP contribution in [0.2, 0.25) is 0 Å². The van der Waals surface area contributed by atoms with Crippen molar-refractivity contribution in [1.29, 1.82) is 0 Å². The van der Waals surface area contributed by atoms with Crippen molar-refractivity contribution in [3.63, 3.8) is 0 Å². The van der Waals surface area contributed by atoms with Crippen LogP contribution in [0.4, 0.5) is 11.5 Å². The lowest BCUT2D eigenvalue weighted by Crippen LogP contribution is -1.90. The Hall–Kier alpha value is -2.37. The van der Waals surface area contributed by atoms with Gasteiger partial charge in [0.1, 0.15) is 0 Å². The molecule has 0 atom stereocenters. The third-order valence-corrected chi connectivity index (χ3v) is 1.89. The molecule has 6 nitrogen and oxygen atoms in total. The second-order valence-corrected chi connectivity index (χ2v) is 2.89. The first kappa shape index (κ1) is 9.20. The Labute approximate surface area is 84.4 Å². The van der Waals surface area contributed by atoms with E-state index in [-0.39, 0.29) is 11.5 Å². The lowest BCUT2D eigenvalue weighted by molar-refractivity contribution is -0.384. The fourth-order valence-corrected chi connectivity index (χ4v) is 1.26. The molecule has 2 N–H and O–H groups in total. The van der Waals surface area contributed by atoms with Crippen molar-refractivity contribution in [2.75, 3.05) is 5.73 Å². The molecule has 0 aliphatic heterocycles.